The molecule has 2 aromatic carbocycles. The van der Waals surface area contributed by atoms with Crippen molar-refractivity contribution in [3.63, 3.8) is 0 Å². The van der Waals surface area contributed by atoms with Crippen molar-refractivity contribution in [3.8, 4) is 5.75 Å². The van der Waals surface area contributed by atoms with Crippen LogP contribution in [0.25, 0.3) is 0 Å². The predicted molar refractivity (Wildman–Crippen MR) is 112 cm³/mol. The van der Waals surface area contributed by atoms with Crippen molar-refractivity contribution in [3.05, 3.63) is 63.9 Å². The van der Waals surface area contributed by atoms with Crippen LogP contribution in [0.5, 0.6) is 5.75 Å². The molecule has 0 heterocycles. The average molecular weight is 451 g/mol. The van der Waals surface area contributed by atoms with Crippen molar-refractivity contribution in [2.75, 3.05) is 6.61 Å². The molecule has 3 fully saturated rings. The summed E-state index contributed by atoms with van der Waals surface area (Å²) in [6, 6.07) is 11.5. The van der Waals surface area contributed by atoms with Gasteiger partial charge in [-0.05, 0) is 55.5 Å². The van der Waals surface area contributed by atoms with Crippen molar-refractivity contribution in [2.24, 2.45) is 0 Å². The molecule has 158 valence electrons. The number of nitrogens with one attached hydrogen (secondary N) is 2. The molecule has 30 heavy (non-hydrogen) atoms. The van der Waals surface area contributed by atoms with E-state index in [1.54, 1.807) is 0 Å². The van der Waals surface area contributed by atoms with Crippen LogP contribution in [0.3, 0.4) is 0 Å². The summed E-state index contributed by atoms with van der Waals surface area (Å²) < 4.78 is 18.7. The monoisotopic (exact) mass is 450 g/mol. The molecule has 3 saturated carbocycles. The summed E-state index contributed by atoms with van der Waals surface area (Å²) in [5.74, 6) is -0.609. The normalized spacial score (nSPS) is 23.7. The van der Waals surface area contributed by atoms with Gasteiger partial charge in [0, 0.05) is 28.6 Å². The molecule has 0 spiro atoms. The number of hydrogen-bond acceptors (Lipinski definition) is 3. The third kappa shape index (κ3) is 4.55. The molecule has 0 aliphatic heterocycles. The lowest BCUT2D eigenvalue weighted by Gasteiger charge is -2.70. The van der Waals surface area contributed by atoms with E-state index in [9.17, 15) is 14.0 Å². The van der Waals surface area contributed by atoms with Gasteiger partial charge >= 0.3 is 0 Å². The third-order valence-corrected chi connectivity index (χ3v) is 6.21. The summed E-state index contributed by atoms with van der Waals surface area (Å²) in [6.45, 7) is -0.205. The van der Waals surface area contributed by atoms with Gasteiger partial charge in [-0.3, -0.25) is 9.59 Å². The number of hydrogen-bond donors (Lipinski definition) is 2. The van der Waals surface area contributed by atoms with Crippen molar-refractivity contribution >= 4 is 35.0 Å². The van der Waals surface area contributed by atoms with E-state index in [1.807, 2.05) is 24.3 Å². The standard InChI is InChI=1S/C22H21Cl2FN2O3/c23-15-4-1-14(2-5-15)3-8-19(28)26-21-11-22(12-21,13-21)27-20(29)10-30-16-6-7-17(24)18(25)9-16/h1-2,4-7,9H,3,8,10-13H2,(H,26,28)(H,27,29). The summed E-state index contributed by atoms with van der Waals surface area (Å²) in [5.41, 5.74) is 0.594. The fraction of sp³-hybridized carbons (Fsp3) is 0.364. The van der Waals surface area contributed by atoms with E-state index in [1.165, 1.54) is 12.1 Å². The molecular formula is C22H21Cl2FN2O3. The molecule has 8 heteroatoms. The Balaban J connectivity index is 1.17. The Labute approximate surface area is 183 Å². The molecule has 0 aromatic heterocycles. The van der Waals surface area contributed by atoms with E-state index < -0.39 is 5.82 Å². The van der Waals surface area contributed by atoms with Gasteiger partial charge in [0.05, 0.1) is 5.02 Å². The fourth-order valence-electron chi connectivity index (χ4n) is 4.37. The third-order valence-electron chi connectivity index (χ3n) is 5.65. The molecule has 0 saturated heterocycles. The summed E-state index contributed by atoms with van der Waals surface area (Å²) in [5, 5.41) is 6.75. The highest BCUT2D eigenvalue weighted by Crippen LogP contribution is 2.60. The number of carbonyl (C=O) groups is 2. The predicted octanol–water partition coefficient (Wildman–Crippen LogP) is 4.05. The highest BCUT2D eigenvalue weighted by molar-refractivity contribution is 6.30. The highest BCUT2D eigenvalue weighted by atomic mass is 35.5. The molecule has 0 unspecified atom stereocenters. The number of rotatable bonds is 8. The maximum atomic E-state index is 13.4. The van der Waals surface area contributed by atoms with Crippen molar-refractivity contribution in [1.82, 2.24) is 10.6 Å². The van der Waals surface area contributed by atoms with Gasteiger partial charge in [-0.25, -0.2) is 4.39 Å². The Kier molecular flexibility index (Phi) is 5.64. The summed E-state index contributed by atoms with van der Waals surface area (Å²) in [4.78, 5) is 24.4. The molecule has 3 aliphatic carbocycles. The first-order valence-corrected chi connectivity index (χ1v) is 10.5. The van der Waals surface area contributed by atoms with Gasteiger partial charge in [0.25, 0.3) is 5.91 Å². The van der Waals surface area contributed by atoms with Crippen molar-refractivity contribution in [1.29, 1.82) is 0 Å². The Bertz CT molecular complexity index is 961. The first kappa shape index (κ1) is 20.9. The molecule has 0 radical (unpaired) electrons. The van der Waals surface area contributed by atoms with Gasteiger partial charge in [0.2, 0.25) is 5.91 Å². The minimum Gasteiger partial charge on any atom is -0.484 e. The maximum absolute atomic E-state index is 13.4. The van der Waals surface area contributed by atoms with E-state index in [-0.39, 0.29) is 40.3 Å². The summed E-state index contributed by atoms with van der Waals surface area (Å²) in [6.07, 6.45) is 3.22. The second-order valence-corrected chi connectivity index (χ2v) is 9.02. The minimum atomic E-state index is -0.595. The van der Waals surface area contributed by atoms with Crippen LogP contribution < -0.4 is 15.4 Å². The Morgan fingerprint density at radius 3 is 2.23 bits per heavy atom. The number of amides is 2. The quantitative estimate of drug-likeness (QED) is 0.637. The molecule has 5 rings (SSSR count). The van der Waals surface area contributed by atoms with Gasteiger partial charge in [-0.2, -0.15) is 0 Å². The molecule has 2 N–H and O–H groups in total. The van der Waals surface area contributed by atoms with Crippen LogP contribution in [0.1, 0.15) is 31.2 Å². The summed E-state index contributed by atoms with van der Waals surface area (Å²) >= 11 is 11.5. The number of benzene rings is 2. The SMILES string of the molecule is O=C(CCc1ccc(Cl)cc1)NC12CC(NC(=O)COc3ccc(Cl)c(F)c3)(C1)C2. The van der Waals surface area contributed by atoms with Crippen LogP contribution in [0.2, 0.25) is 10.0 Å². The lowest BCUT2D eigenvalue weighted by molar-refractivity contribution is -0.150. The van der Waals surface area contributed by atoms with Gasteiger partial charge in [-0.1, -0.05) is 35.3 Å². The topological polar surface area (TPSA) is 67.4 Å². The number of ether oxygens (including phenoxy) is 1. The number of aryl methyl sites for hydroxylation is 1. The molecule has 2 aromatic rings. The van der Waals surface area contributed by atoms with Crippen LogP contribution in [-0.4, -0.2) is 29.5 Å². The second-order valence-electron chi connectivity index (χ2n) is 8.18. The van der Waals surface area contributed by atoms with E-state index in [0.717, 1.165) is 11.6 Å². The van der Waals surface area contributed by atoms with Crippen LogP contribution in [-0.2, 0) is 16.0 Å². The smallest absolute Gasteiger partial charge is 0.258 e. The van der Waals surface area contributed by atoms with Gasteiger partial charge < -0.3 is 15.4 Å². The van der Waals surface area contributed by atoms with E-state index in [2.05, 4.69) is 10.6 Å². The zero-order valence-electron chi connectivity index (χ0n) is 16.1. The zero-order valence-corrected chi connectivity index (χ0v) is 17.7. The van der Waals surface area contributed by atoms with Crippen LogP contribution in [0, 0.1) is 5.82 Å². The molecular weight excluding hydrogens is 430 g/mol. The van der Waals surface area contributed by atoms with Gasteiger partial charge in [0.15, 0.2) is 6.61 Å². The van der Waals surface area contributed by atoms with Crippen molar-refractivity contribution in [2.45, 2.75) is 43.2 Å². The van der Waals surface area contributed by atoms with Gasteiger partial charge in [-0.15, -0.1) is 0 Å². The zero-order chi connectivity index (χ0) is 21.4. The lowest BCUT2D eigenvalue weighted by atomic mass is 9.44. The number of halogens is 3. The molecule has 2 bridgehead atoms. The van der Waals surface area contributed by atoms with E-state index >= 15 is 0 Å². The molecule has 3 aliphatic rings. The van der Waals surface area contributed by atoms with E-state index in [4.69, 9.17) is 27.9 Å². The molecule has 2 amide bonds. The second kappa shape index (κ2) is 8.08. The van der Waals surface area contributed by atoms with Gasteiger partial charge in [0.1, 0.15) is 11.6 Å². The van der Waals surface area contributed by atoms with Crippen LogP contribution in [0.4, 0.5) is 4.39 Å². The minimum absolute atomic E-state index is 0.00109. The lowest BCUT2D eigenvalue weighted by Crippen LogP contribution is -2.84. The number of carbonyl (C=O) groups excluding carboxylic acids is 2. The Hall–Kier alpha value is -2.31. The van der Waals surface area contributed by atoms with E-state index in [0.29, 0.717) is 37.1 Å². The van der Waals surface area contributed by atoms with Crippen LogP contribution in [0.15, 0.2) is 42.5 Å². The first-order valence-electron chi connectivity index (χ1n) is 9.71. The Morgan fingerprint density at radius 1 is 0.967 bits per heavy atom. The van der Waals surface area contributed by atoms with Crippen LogP contribution >= 0.6 is 23.2 Å². The summed E-state index contributed by atoms with van der Waals surface area (Å²) in [7, 11) is 0. The van der Waals surface area contributed by atoms with Crippen molar-refractivity contribution < 1.29 is 18.7 Å². The largest absolute Gasteiger partial charge is 0.484 e. The molecule has 5 nitrogen and oxygen atoms in total. The maximum Gasteiger partial charge on any atom is 0.258 e. The molecule has 0 atom stereocenters. The Morgan fingerprint density at radius 2 is 1.60 bits per heavy atom. The average Bonchev–Trinajstić information content (AvgIpc) is 2.66. The fourth-order valence-corrected chi connectivity index (χ4v) is 4.61. The highest BCUT2D eigenvalue weighted by Gasteiger charge is 2.69. The first-order chi connectivity index (χ1) is 14.3.